The quantitative estimate of drug-likeness (QED) is 0.659. The molecule has 1 atom stereocenters. The average molecular weight is 282 g/mol. The van der Waals surface area contributed by atoms with Gasteiger partial charge in [-0.15, -0.1) is 0 Å². The molecule has 1 aliphatic rings. The van der Waals surface area contributed by atoms with Gasteiger partial charge in [0.15, 0.2) is 0 Å². The topological polar surface area (TPSA) is 38.0 Å². The second kappa shape index (κ2) is 4.82. The Morgan fingerprint density at radius 2 is 1.62 bits per heavy atom. The summed E-state index contributed by atoms with van der Waals surface area (Å²) in [6.07, 6.45) is 0.982. The predicted octanol–water partition coefficient (Wildman–Crippen LogP) is 3.90. The highest BCUT2D eigenvalue weighted by Crippen LogP contribution is 2.69. The van der Waals surface area contributed by atoms with Crippen LogP contribution in [0, 0.1) is 16.7 Å². The first kappa shape index (κ1) is 14.6. The van der Waals surface area contributed by atoms with E-state index in [2.05, 4.69) is 75.6 Å². The Balaban J connectivity index is 1.91. The monoisotopic (exact) mass is 282 g/mol. The number of hydrazine groups is 1. The molecule has 1 unspecified atom stereocenters. The van der Waals surface area contributed by atoms with Gasteiger partial charge in [-0.05, 0) is 39.5 Å². The lowest BCUT2D eigenvalue weighted by Gasteiger charge is -2.19. The molecule has 112 valence electrons. The van der Waals surface area contributed by atoms with Crippen LogP contribution in [-0.2, 0) is 6.42 Å². The van der Waals surface area contributed by atoms with Crippen molar-refractivity contribution >= 4 is 10.8 Å². The number of benzene rings is 2. The fraction of sp³-hybridized carbons (Fsp3) is 0.474. The summed E-state index contributed by atoms with van der Waals surface area (Å²) >= 11 is 0. The van der Waals surface area contributed by atoms with E-state index < -0.39 is 0 Å². The Bertz CT molecular complexity index is 638. The van der Waals surface area contributed by atoms with Crippen LogP contribution in [-0.4, -0.2) is 6.04 Å². The maximum atomic E-state index is 5.90. The van der Waals surface area contributed by atoms with E-state index in [-0.39, 0.29) is 0 Å². The fourth-order valence-electron chi connectivity index (χ4n) is 4.23. The summed E-state index contributed by atoms with van der Waals surface area (Å²) in [6.45, 7) is 9.41. The maximum absolute atomic E-state index is 5.90. The van der Waals surface area contributed by atoms with Crippen molar-refractivity contribution in [3.63, 3.8) is 0 Å². The molecule has 2 nitrogen and oxygen atoms in total. The van der Waals surface area contributed by atoms with Gasteiger partial charge < -0.3 is 0 Å². The molecule has 0 radical (unpaired) electrons. The first-order valence-electron chi connectivity index (χ1n) is 7.82. The van der Waals surface area contributed by atoms with Crippen molar-refractivity contribution < 1.29 is 0 Å². The highest BCUT2D eigenvalue weighted by molar-refractivity contribution is 5.85. The van der Waals surface area contributed by atoms with E-state index in [1.54, 1.807) is 0 Å². The number of hydrogen-bond donors (Lipinski definition) is 2. The fourth-order valence-corrected chi connectivity index (χ4v) is 4.23. The van der Waals surface area contributed by atoms with Crippen molar-refractivity contribution in [2.45, 2.75) is 40.2 Å². The predicted molar refractivity (Wildman–Crippen MR) is 89.8 cm³/mol. The summed E-state index contributed by atoms with van der Waals surface area (Å²) in [6, 6.07) is 15.5. The molecule has 21 heavy (non-hydrogen) atoms. The summed E-state index contributed by atoms with van der Waals surface area (Å²) in [5.74, 6) is 6.50. The van der Waals surface area contributed by atoms with Gasteiger partial charge in [0.05, 0.1) is 0 Å². The van der Waals surface area contributed by atoms with Crippen LogP contribution in [0.1, 0.15) is 33.3 Å². The molecule has 0 bridgehead atoms. The number of rotatable bonds is 4. The van der Waals surface area contributed by atoms with Crippen molar-refractivity contribution in [3.05, 3.63) is 48.0 Å². The molecular weight excluding hydrogens is 256 g/mol. The van der Waals surface area contributed by atoms with E-state index in [9.17, 15) is 0 Å². The van der Waals surface area contributed by atoms with Crippen LogP contribution in [0.15, 0.2) is 42.5 Å². The second-order valence-electron chi connectivity index (χ2n) is 7.54. The Morgan fingerprint density at radius 1 is 1.00 bits per heavy atom. The lowest BCUT2D eigenvalue weighted by atomic mass is 9.94. The van der Waals surface area contributed by atoms with Crippen LogP contribution in [0.4, 0.5) is 0 Å². The molecule has 0 aliphatic heterocycles. The van der Waals surface area contributed by atoms with E-state index in [0.717, 1.165) is 6.42 Å². The van der Waals surface area contributed by atoms with Gasteiger partial charge in [0, 0.05) is 6.04 Å². The van der Waals surface area contributed by atoms with Gasteiger partial charge in [0.25, 0.3) is 0 Å². The Kier molecular flexibility index (Phi) is 3.34. The summed E-state index contributed by atoms with van der Waals surface area (Å²) in [7, 11) is 0. The molecule has 2 heteroatoms. The zero-order valence-electron chi connectivity index (χ0n) is 13.5. The lowest BCUT2D eigenvalue weighted by Crippen LogP contribution is -2.40. The summed E-state index contributed by atoms with van der Waals surface area (Å²) < 4.78 is 0. The minimum absolute atomic E-state index is 0.320. The third kappa shape index (κ3) is 2.18. The lowest BCUT2D eigenvalue weighted by molar-refractivity contribution is 0.403. The first-order chi connectivity index (χ1) is 9.89. The molecule has 1 fully saturated rings. The molecule has 0 spiro atoms. The van der Waals surface area contributed by atoms with Crippen LogP contribution in [0.2, 0.25) is 0 Å². The minimum Gasteiger partial charge on any atom is -0.271 e. The zero-order chi connectivity index (χ0) is 15.3. The summed E-state index contributed by atoms with van der Waals surface area (Å²) in [5, 5.41) is 2.65. The molecule has 3 rings (SSSR count). The SMILES string of the molecule is CC1(C)C(C(Cc2cccc3ccccc23)NN)C1(C)C. The van der Waals surface area contributed by atoms with Crippen molar-refractivity contribution in [1.29, 1.82) is 0 Å². The van der Waals surface area contributed by atoms with Gasteiger partial charge in [-0.3, -0.25) is 11.3 Å². The van der Waals surface area contributed by atoms with Gasteiger partial charge >= 0.3 is 0 Å². The highest BCUT2D eigenvalue weighted by Gasteiger charge is 2.66. The van der Waals surface area contributed by atoms with Gasteiger partial charge in [-0.25, -0.2) is 0 Å². The minimum atomic E-state index is 0.320. The molecule has 2 aromatic carbocycles. The van der Waals surface area contributed by atoms with E-state index in [0.29, 0.717) is 22.8 Å². The first-order valence-corrected chi connectivity index (χ1v) is 7.82. The zero-order valence-corrected chi connectivity index (χ0v) is 13.5. The van der Waals surface area contributed by atoms with Crippen LogP contribution in [0.25, 0.3) is 10.8 Å². The van der Waals surface area contributed by atoms with Crippen molar-refractivity contribution in [2.24, 2.45) is 22.6 Å². The average Bonchev–Trinajstić information content (AvgIpc) is 2.87. The van der Waals surface area contributed by atoms with Crippen LogP contribution in [0.5, 0.6) is 0 Å². The second-order valence-corrected chi connectivity index (χ2v) is 7.54. The molecular formula is C19H26N2. The van der Waals surface area contributed by atoms with Crippen molar-refractivity contribution in [1.82, 2.24) is 5.43 Å². The molecule has 0 saturated heterocycles. The molecule has 1 aliphatic carbocycles. The third-order valence-electron chi connectivity index (χ3n) is 6.07. The number of fused-ring (bicyclic) bond motifs is 1. The summed E-state index contributed by atoms with van der Waals surface area (Å²) in [4.78, 5) is 0. The van der Waals surface area contributed by atoms with Crippen molar-refractivity contribution in [2.75, 3.05) is 0 Å². The van der Waals surface area contributed by atoms with Gasteiger partial charge in [0.2, 0.25) is 0 Å². The Hall–Kier alpha value is -1.38. The Labute approximate surface area is 127 Å². The normalized spacial score (nSPS) is 21.4. The van der Waals surface area contributed by atoms with Crippen LogP contribution >= 0.6 is 0 Å². The van der Waals surface area contributed by atoms with E-state index in [1.807, 2.05) is 0 Å². The van der Waals surface area contributed by atoms with Gasteiger partial charge in [0.1, 0.15) is 0 Å². The van der Waals surface area contributed by atoms with E-state index in [1.165, 1.54) is 16.3 Å². The van der Waals surface area contributed by atoms with Crippen LogP contribution < -0.4 is 11.3 Å². The number of nitrogens with two attached hydrogens (primary N) is 1. The molecule has 1 saturated carbocycles. The number of nitrogens with one attached hydrogen (secondary N) is 1. The number of hydrogen-bond acceptors (Lipinski definition) is 2. The van der Waals surface area contributed by atoms with Crippen LogP contribution in [0.3, 0.4) is 0 Å². The maximum Gasteiger partial charge on any atom is 0.0289 e. The molecule has 0 heterocycles. The Morgan fingerprint density at radius 3 is 2.24 bits per heavy atom. The largest absolute Gasteiger partial charge is 0.271 e. The molecule has 3 N–H and O–H groups in total. The van der Waals surface area contributed by atoms with E-state index >= 15 is 0 Å². The van der Waals surface area contributed by atoms with Gasteiger partial charge in [-0.1, -0.05) is 70.2 Å². The van der Waals surface area contributed by atoms with Crippen molar-refractivity contribution in [3.8, 4) is 0 Å². The van der Waals surface area contributed by atoms with E-state index in [4.69, 9.17) is 5.84 Å². The smallest absolute Gasteiger partial charge is 0.0289 e. The molecule has 0 aromatic heterocycles. The molecule has 2 aromatic rings. The summed E-state index contributed by atoms with van der Waals surface area (Å²) in [5.41, 5.74) is 5.16. The standard InChI is InChI=1S/C19H26N2/c1-18(2)17(19(18,3)4)16(21-20)12-14-10-7-9-13-8-5-6-11-15(13)14/h5-11,16-17,21H,12,20H2,1-4H3. The van der Waals surface area contributed by atoms with Gasteiger partial charge in [-0.2, -0.15) is 0 Å². The highest BCUT2D eigenvalue weighted by atomic mass is 15.2. The molecule has 0 amide bonds. The third-order valence-corrected chi connectivity index (χ3v) is 6.07.